The lowest BCUT2D eigenvalue weighted by Crippen LogP contribution is -2.33. The maximum Gasteiger partial charge on any atom is 0.0642 e. The van der Waals surface area contributed by atoms with E-state index >= 15 is 0 Å². The van der Waals surface area contributed by atoms with Crippen LogP contribution >= 0.6 is 11.6 Å². The summed E-state index contributed by atoms with van der Waals surface area (Å²) in [6, 6.07) is 6.25. The minimum Gasteiger partial charge on any atom is -0.370 e. The Morgan fingerprint density at radius 3 is 2.68 bits per heavy atom. The Balaban J connectivity index is 2.18. The molecule has 0 amide bonds. The van der Waals surface area contributed by atoms with Gasteiger partial charge in [-0.2, -0.15) is 0 Å². The summed E-state index contributed by atoms with van der Waals surface area (Å²) >= 11 is 6.46. The zero-order valence-corrected chi connectivity index (χ0v) is 12.8. The molecule has 1 aromatic carbocycles. The molecule has 19 heavy (non-hydrogen) atoms. The first-order chi connectivity index (χ1) is 9.26. The van der Waals surface area contributed by atoms with Crippen LogP contribution in [-0.2, 0) is 6.54 Å². The highest BCUT2D eigenvalue weighted by Crippen LogP contribution is 2.34. The fourth-order valence-electron chi connectivity index (χ4n) is 2.68. The lowest BCUT2D eigenvalue weighted by Gasteiger charge is -2.34. The summed E-state index contributed by atoms with van der Waals surface area (Å²) in [5.74, 6) is 0.864. The van der Waals surface area contributed by atoms with Gasteiger partial charge in [0.25, 0.3) is 0 Å². The van der Waals surface area contributed by atoms with Crippen molar-refractivity contribution in [3.63, 3.8) is 0 Å². The first-order valence-electron chi connectivity index (χ1n) is 7.49. The summed E-state index contributed by atoms with van der Waals surface area (Å²) in [6.45, 7) is 8.42. The lowest BCUT2D eigenvalue weighted by atomic mass is 9.85. The summed E-state index contributed by atoms with van der Waals surface area (Å²) in [5.41, 5.74) is 2.55. The van der Waals surface area contributed by atoms with E-state index in [9.17, 15) is 0 Å². The van der Waals surface area contributed by atoms with Crippen LogP contribution in [0, 0.1) is 5.92 Å². The molecule has 0 heterocycles. The maximum absolute atomic E-state index is 6.46. The number of nitrogens with zero attached hydrogens (tertiary/aromatic N) is 1. The van der Waals surface area contributed by atoms with Gasteiger partial charge < -0.3 is 10.2 Å². The van der Waals surface area contributed by atoms with Gasteiger partial charge in [0.2, 0.25) is 0 Å². The molecule has 1 saturated carbocycles. The molecule has 0 saturated heterocycles. The van der Waals surface area contributed by atoms with Crippen LogP contribution in [0.15, 0.2) is 18.2 Å². The second-order valence-electron chi connectivity index (χ2n) is 5.36. The van der Waals surface area contributed by atoms with Gasteiger partial charge in [0, 0.05) is 19.6 Å². The predicted molar refractivity (Wildman–Crippen MR) is 84.1 cm³/mol. The summed E-state index contributed by atoms with van der Waals surface area (Å²) < 4.78 is 0. The summed E-state index contributed by atoms with van der Waals surface area (Å²) in [7, 11) is 0. The molecule has 0 spiro atoms. The van der Waals surface area contributed by atoms with Crippen LogP contribution < -0.4 is 10.2 Å². The van der Waals surface area contributed by atoms with Crippen molar-refractivity contribution in [1.82, 2.24) is 5.32 Å². The highest BCUT2D eigenvalue weighted by atomic mass is 35.5. The largest absolute Gasteiger partial charge is 0.370 e. The smallest absolute Gasteiger partial charge is 0.0642 e. The van der Waals surface area contributed by atoms with Crippen molar-refractivity contribution in [2.45, 2.75) is 39.7 Å². The Hall–Kier alpha value is -0.730. The zero-order chi connectivity index (χ0) is 13.7. The average Bonchev–Trinajstić information content (AvgIpc) is 2.37. The van der Waals surface area contributed by atoms with Gasteiger partial charge in [0.05, 0.1) is 10.7 Å². The first-order valence-corrected chi connectivity index (χ1v) is 7.87. The van der Waals surface area contributed by atoms with Crippen molar-refractivity contribution < 1.29 is 0 Å². The Morgan fingerprint density at radius 1 is 1.32 bits per heavy atom. The van der Waals surface area contributed by atoms with E-state index in [1.54, 1.807) is 0 Å². The van der Waals surface area contributed by atoms with Crippen LogP contribution in [-0.4, -0.2) is 19.6 Å². The van der Waals surface area contributed by atoms with Crippen LogP contribution in [0.4, 0.5) is 5.69 Å². The first kappa shape index (κ1) is 14.7. The number of para-hydroxylation sites is 1. The average molecular weight is 281 g/mol. The molecule has 0 atom stereocenters. The second kappa shape index (κ2) is 7.16. The van der Waals surface area contributed by atoms with Gasteiger partial charge >= 0.3 is 0 Å². The van der Waals surface area contributed by atoms with Gasteiger partial charge in [-0.05, 0) is 43.9 Å². The molecule has 1 aliphatic rings. The quantitative estimate of drug-likeness (QED) is 0.810. The second-order valence-corrected chi connectivity index (χ2v) is 5.77. The zero-order valence-electron chi connectivity index (χ0n) is 12.1. The highest BCUT2D eigenvalue weighted by molar-refractivity contribution is 6.33. The molecular weight excluding hydrogens is 256 g/mol. The van der Waals surface area contributed by atoms with Gasteiger partial charge in [0.1, 0.15) is 0 Å². The van der Waals surface area contributed by atoms with E-state index in [1.165, 1.54) is 30.5 Å². The Kier molecular flexibility index (Phi) is 5.53. The summed E-state index contributed by atoms with van der Waals surface area (Å²) in [6.07, 6.45) is 4.15. The number of rotatable bonds is 7. The van der Waals surface area contributed by atoms with Gasteiger partial charge in [-0.15, -0.1) is 0 Å². The third-order valence-corrected chi connectivity index (χ3v) is 4.34. The molecule has 1 aromatic rings. The van der Waals surface area contributed by atoms with Crippen molar-refractivity contribution in [1.29, 1.82) is 0 Å². The topological polar surface area (TPSA) is 15.3 Å². The van der Waals surface area contributed by atoms with Crippen LogP contribution in [0.5, 0.6) is 0 Å². The van der Waals surface area contributed by atoms with Gasteiger partial charge in [0.15, 0.2) is 0 Å². The molecule has 3 heteroatoms. The normalized spacial score (nSPS) is 15.3. The lowest BCUT2D eigenvalue weighted by molar-refractivity contribution is 0.318. The van der Waals surface area contributed by atoms with E-state index in [-0.39, 0.29) is 0 Å². The number of halogens is 1. The minimum absolute atomic E-state index is 0.864. The fraction of sp³-hybridized carbons (Fsp3) is 0.625. The number of benzene rings is 1. The van der Waals surface area contributed by atoms with Gasteiger partial charge in [-0.1, -0.05) is 37.1 Å². The van der Waals surface area contributed by atoms with Crippen LogP contribution in [0.1, 0.15) is 38.7 Å². The van der Waals surface area contributed by atoms with E-state index in [2.05, 4.69) is 36.2 Å². The fourth-order valence-corrected chi connectivity index (χ4v) is 3.00. The molecular formula is C16H25ClN2. The van der Waals surface area contributed by atoms with Crippen LogP contribution in [0.3, 0.4) is 0 Å². The Labute approximate surface area is 122 Å². The molecule has 0 bridgehead atoms. The van der Waals surface area contributed by atoms with E-state index in [4.69, 9.17) is 11.6 Å². The van der Waals surface area contributed by atoms with Crippen LogP contribution in [0.2, 0.25) is 5.02 Å². The minimum atomic E-state index is 0.864. The Morgan fingerprint density at radius 2 is 2.11 bits per heavy atom. The number of hydrogen-bond donors (Lipinski definition) is 1. The molecule has 1 fully saturated rings. The van der Waals surface area contributed by atoms with Crippen molar-refractivity contribution in [3.05, 3.63) is 28.8 Å². The molecule has 106 valence electrons. The van der Waals surface area contributed by atoms with E-state index in [0.29, 0.717) is 0 Å². The van der Waals surface area contributed by atoms with Gasteiger partial charge in [-0.3, -0.25) is 0 Å². The molecule has 2 rings (SSSR count). The molecule has 0 aliphatic heterocycles. The van der Waals surface area contributed by atoms with Crippen molar-refractivity contribution >= 4 is 17.3 Å². The van der Waals surface area contributed by atoms with E-state index in [1.807, 2.05) is 6.07 Å². The van der Waals surface area contributed by atoms with Crippen molar-refractivity contribution in [2.75, 3.05) is 24.5 Å². The predicted octanol–water partition coefficient (Wildman–Crippen LogP) is 4.08. The highest BCUT2D eigenvalue weighted by Gasteiger charge is 2.22. The molecule has 1 aliphatic carbocycles. The SMILES string of the molecule is CCNCc1cccc(Cl)c1N(CC)CC1CCC1. The Bertz CT molecular complexity index is 402. The third-order valence-electron chi connectivity index (χ3n) is 4.04. The molecule has 0 aromatic heterocycles. The number of hydrogen-bond acceptors (Lipinski definition) is 2. The van der Waals surface area contributed by atoms with Gasteiger partial charge in [-0.25, -0.2) is 0 Å². The maximum atomic E-state index is 6.46. The number of anilines is 1. The monoisotopic (exact) mass is 280 g/mol. The van der Waals surface area contributed by atoms with Crippen LogP contribution in [0.25, 0.3) is 0 Å². The van der Waals surface area contributed by atoms with Crippen molar-refractivity contribution in [3.8, 4) is 0 Å². The molecule has 0 unspecified atom stereocenters. The van der Waals surface area contributed by atoms with E-state index < -0.39 is 0 Å². The summed E-state index contributed by atoms with van der Waals surface area (Å²) in [4.78, 5) is 2.46. The molecule has 1 N–H and O–H groups in total. The molecule has 2 nitrogen and oxygen atoms in total. The van der Waals surface area contributed by atoms with Crippen molar-refractivity contribution in [2.24, 2.45) is 5.92 Å². The summed E-state index contributed by atoms with van der Waals surface area (Å²) in [5, 5.41) is 4.29. The standard InChI is InChI=1S/C16H25ClN2/c1-3-18-11-14-9-6-10-15(17)16(14)19(4-2)12-13-7-5-8-13/h6,9-10,13,18H,3-5,7-8,11-12H2,1-2H3. The third kappa shape index (κ3) is 3.64. The molecule has 0 radical (unpaired) electrons. The van der Waals surface area contributed by atoms with E-state index in [0.717, 1.165) is 37.1 Å². The number of nitrogens with one attached hydrogen (secondary N) is 1.